The van der Waals surface area contributed by atoms with Crippen LogP contribution < -0.4 is 0 Å². The first kappa shape index (κ1) is 12.9. The van der Waals surface area contributed by atoms with E-state index in [1.165, 1.54) is 0 Å². The zero-order chi connectivity index (χ0) is 12.5. The van der Waals surface area contributed by atoms with Gasteiger partial charge in [0.15, 0.2) is 29.6 Å². The van der Waals surface area contributed by atoms with Crippen molar-refractivity contribution in [3.63, 3.8) is 0 Å². The van der Waals surface area contributed by atoms with E-state index in [0.29, 0.717) is 0 Å². The molecule has 1 aromatic carbocycles. The number of benzene rings is 1. The van der Waals surface area contributed by atoms with Crippen LogP contribution >= 0.6 is 0 Å². The smallest absolute Gasteiger partial charge is 0.200 e. The maximum atomic E-state index is 13.0. The highest BCUT2D eigenvalue weighted by Crippen LogP contribution is 2.23. The van der Waals surface area contributed by atoms with Crippen LogP contribution in [0.2, 0.25) is 0 Å². The van der Waals surface area contributed by atoms with Gasteiger partial charge in [0.2, 0.25) is 5.82 Å². The number of rotatable bonds is 3. The van der Waals surface area contributed by atoms with E-state index in [-0.39, 0.29) is 0 Å². The zero-order valence-corrected chi connectivity index (χ0v) is 8.03. The van der Waals surface area contributed by atoms with Crippen molar-refractivity contribution in [1.82, 2.24) is 0 Å². The summed E-state index contributed by atoms with van der Waals surface area (Å²) in [5.41, 5.74) is -1.11. The van der Waals surface area contributed by atoms with E-state index >= 15 is 0 Å². The topological polar surface area (TPSA) is 29.5 Å². The average Bonchev–Trinajstić information content (AvgIpc) is 2.29. The average molecular weight is 242 g/mol. The Hall–Kier alpha value is -1.21. The zero-order valence-electron chi connectivity index (χ0n) is 8.03. The molecule has 0 spiro atoms. The van der Waals surface area contributed by atoms with Crippen molar-refractivity contribution in [3.05, 3.63) is 34.6 Å². The van der Waals surface area contributed by atoms with Crippen molar-refractivity contribution in [3.8, 4) is 0 Å². The number of aliphatic hydroxyl groups is 1. The van der Waals surface area contributed by atoms with Gasteiger partial charge in [0.1, 0.15) is 0 Å². The molecule has 0 heterocycles. The van der Waals surface area contributed by atoms with E-state index in [2.05, 4.69) is 4.74 Å². The molecule has 0 aliphatic carbocycles. The third-order valence-electron chi connectivity index (χ3n) is 1.95. The van der Waals surface area contributed by atoms with Crippen LogP contribution in [0.1, 0.15) is 5.56 Å². The van der Waals surface area contributed by atoms with Crippen LogP contribution in [-0.4, -0.2) is 18.5 Å². The molecule has 1 rings (SSSR count). The van der Waals surface area contributed by atoms with Gasteiger partial charge in [0, 0.05) is 19.1 Å². The minimum Gasteiger partial charge on any atom is -0.368 e. The SMILES string of the molecule is COC(O)Cc1c(F)c(F)c(F)c(F)c1F. The standard InChI is InChI=1S/C9H7F5O2/c1-16-4(15)2-3-5(10)7(12)9(14)8(13)6(3)11/h4,15H,2H2,1H3. The molecule has 0 aliphatic rings. The Bertz CT molecular complexity index is 378. The molecule has 0 aromatic heterocycles. The molecule has 0 saturated heterocycles. The van der Waals surface area contributed by atoms with Gasteiger partial charge < -0.3 is 9.84 Å². The fourth-order valence-electron chi connectivity index (χ4n) is 1.09. The van der Waals surface area contributed by atoms with Crippen molar-refractivity contribution >= 4 is 0 Å². The van der Waals surface area contributed by atoms with E-state index in [0.717, 1.165) is 7.11 Å². The minimum absolute atomic E-state index is 0.831. The van der Waals surface area contributed by atoms with Gasteiger partial charge in [0.05, 0.1) is 0 Å². The van der Waals surface area contributed by atoms with Gasteiger partial charge in [-0.25, -0.2) is 22.0 Å². The molecular formula is C9H7F5O2. The fraction of sp³-hybridized carbons (Fsp3) is 0.333. The lowest BCUT2D eigenvalue weighted by molar-refractivity contribution is -0.0731. The maximum absolute atomic E-state index is 13.0. The van der Waals surface area contributed by atoms with E-state index in [9.17, 15) is 22.0 Å². The molecule has 1 N–H and O–H groups in total. The summed E-state index contributed by atoms with van der Waals surface area (Å²) < 4.78 is 68.2. The highest BCUT2D eigenvalue weighted by molar-refractivity contribution is 5.24. The van der Waals surface area contributed by atoms with Crippen LogP contribution in [0.5, 0.6) is 0 Å². The Balaban J connectivity index is 3.28. The number of aliphatic hydroxyl groups excluding tert-OH is 1. The lowest BCUT2D eigenvalue weighted by atomic mass is 10.1. The molecule has 0 fully saturated rings. The third kappa shape index (κ3) is 2.14. The van der Waals surface area contributed by atoms with Gasteiger partial charge in [-0.3, -0.25) is 0 Å². The first-order valence-electron chi connectivity index (χ1n) is 4.11. The second-order valence-electron chi connectivity index (χ2n) is 2.94. The quantitative estimate of drug-likeness (QED) is 0.379. The molecule has 90 valence electrons. The van der Waals surface area contributed by atoms with Crippen LogP contribution in [0.4, 0.5) is 22.0 Å². The summed E-state index contributed by atoms with van der Waals surface area (Å²) in [6.07, 6.45) is -2.48. The molecule has 0 aliphatic heterocycles. The van der Waals surface area contributed by atoms with Gasteiger partial charge in [-0.1, -0.05) is 0 Å². The Morgan fingerprint density at radius 3 is 1.69 bits per heavy atom. The van der Waals surface area contributed by atoms with Crippen molar-refractivity contribution in [2.75, 3.05) is 7.11 Å². The molecule has 1 aromatic rings. The van der Waals surface area contributed by atoms with E-state index in [1.54, 1.807) is 0 Å². The Morgan fingerprint density at radius 1 is 0.938 bits per heavy atom. The number of ether oxygens (including phenoxy) is 1. The largest absolute Gasteiger partial charge is 0.368 e. The molecule has 1 unspecified atom stereocenters. The van der Waals surface area contributed by atoms with Gasteiger partial charge in [0.25, 0.3) is 0 Å². The van der Waals surface area contributed by atoms with E-state index < -0.39 is 47.4 Å². The van der Waals surface area contributed by atoms with Gasteiger partial charge >= 0.3 is 0 Å². The summed E-state index contributed by atoms with van der Waals surface area (Å²) in [7, 11) is 1.02. The molecule has 0 saturated carbocycles. The van der Waals surface area contributed by atoms with Crippen LogP contribution in [0.15, 0.2) is 0 Å². The monoisotopic (exact) mass is 242 g/mol. The summed E-state index contributed by atoms with van der Waals surface area (Å²) >= 11 is 0. The fourth-order valence-corrected chi connectivity index (χ4v) is 1.09. The number of hydrogen-bond donors (Lipinski definition) is 1. The van der Waals surface area contributed by atoms with Gasteiger partial charge in [-0.2, -0.15) is 0 Å². The molecular weight excluding hydrogens is 235 g/mol. The van der Waals surface area contributed by atoms with Crippen LogP contribution in [0.3, 0.4) is 0 Å². The molecule has 0 bridgehead atoms. The highest BCUT2D eigenvalue weighted by atomic mass is 19.2. The predicted octanol–water partition coefficient (Wildman–Crippen LogP) is 1.89. The van der Waals surface area contributed by atoms with Crippen LogP contribution in [0.25, 0.3) is 0 Å². The maximum Gasteiger partial charge on any atom is 0.200 e. The summed E-state index contributed by atoms with van der Waals surface area (Å²) in [4.78, 5) is 0. The lowest BCUT2D eigenvalue weighted by Crippen LogP contribution is -2.17. The van der Waals surface area contributed by atoms with Gasteiger partial charge in [-0.15, -0.1) is 0 Å². The second-order valence-corrected chi connectivity index (χ2v) is 2.94. The Kier molecular flexibility index (Phi) is 3.82. The molecule has 0 radical (unpaired) electrons. The molecule has 1 atom stereocenters. The lowest BCUT2D eigenvalue weighted by Gasteiger charge is -2.11. The summed E-state index contributed by atoms with van der Waals surface area (Å²) in [6.45, 7) is 0. The van der Waals surface area contributed by atoms with Crippen LogP contribution in [0, 0.1) is 29.1 Å². The Morgan fingerprint density at radius 2 is 1.31 bits per heavy atom. The van der Waals surface area contributed by atoms with E-state index in [1.807, 2.05) is 0 Å². The molecule has 2 nitrogen and oxygen atoms in total. The summed E-state index contributed by atoms with van der Waals surface area (Å²) in [6, 6.07) is 0. The molecule has 16 heavy (non-hydrogen) atoms. The van der Waals surface area contributed by atoms with Crippen LogP contribution in [-0.2, 0) is 11.2 Å². The summed E-state index contributed by atoms with van der Waals surface area (Å²) in [5, 5.41) is 8.92. The minimum atomic E-state index is -2.23. The van der Waals surface area contributed by atoms with Crippen molar-refractivity contribution in [2.24, 2.45) is 0 Å². The first-order chi connectivity index (χ1) is 7.40. The number of methoxy groups -OCH3 is 1. The van der Waals surface area contributed by atoms with E-state index in [4.69, 9.17) is 5.11 Å². The highest BCUT2D eigenvalue weighted by Gasteiger charge is 2.26. The Labute approximate surface area is 87.3 Å². The number of hydrogen-bond acceptors (Lipinski definition) is 2. The van der Waals surface area contributed by atoms with Crippen molar-refractivity contribution < 1.29 is 31.8 Å². The van der Waals surface area contributed by atoms with Crippen molar-refractivity contribution in [1.29, 1.82) is 0 Å². The predicted molar refractivity (Wildman–Crippen MR) is 43.0 cm³/mol. The normalized spacial score (nSPS) is 12.9. The van der Waals surface area contributed by atoms with Gasteiger partial charge in [-0.05, 0) is 0 Å². The molecule has 7 heteroatoms. The first-order valence-corrected chi connectivity index (χ1v) is 4.11. The second kappa shape index (κ2) is 4.75. The summed E-state index contributed by atoms with van der Waals surface area (Å²) in [5.74, 6) is -10.2. The number of halogens is 5. The molecule has 0 amide bonds. The van der Waals surface area contributed by atoms with Crippen molar-refractivity contribution in [2.45, 2.75) is 12.7 Å². The third-order valence-corrected chi connectivity index (χ3v) is 1.95.